The van der Waals surface area contributed by atoms with Crippen LogP contribution in [0.2, 0.25) is 0 Å². The summed E-state index contributed by atoms with van der Waals surface area (Å²) >= 11 is 0. The van der Waals surface area contributed by atoms with Crippen molar-refractivity contribution in [2.45, 2.75) is 121 Å². The fourth-order valence-electron chi connectivity index (χ4n) is 9.16. The van der Waals surface area contributed by atoms with Gasteiger partial charge in [-0.2, -0.15) is 0 Å². The lowest BCUT2D eigenvalue weighted by molar-refractivity contribution is 0.0543. The van der Waals surface area contributed by atoms with E-state index in [1.165, 1.54) is 63.0 Å². The van der Waals surface area contributed by atoms with Crippen LogP contribution in [0.4, 0.5) is 0 Å². The lowest BCUT2D eigenvalue weighted by Crippen LogP contribution is -2.52. The van der Waals surface area contributed by atoms with Crippen LogP contribution in [0.5, 0.6) is 0 Å². The van der Waals surface area contributed by atoms with Gasteiger partial charge in [-0.25, -0.2) is 0 Å². The summed E-state index contributed by atoms with van der Waals surface area (Å²) in [6.45, 7) is 40.3. The zero-order chi connectivity index (χ0) is 28.5. The first kappa shape index (κ1) is 28.9. The maximum Gasteiger partial charge on any atom is 0.0194 e. The molecular weight excluding hydrogens is 456 g/mol. The van der Waals surface area contributed by atoms with Crippen LogP contribution in [0.3, 0.4) is 0 Å². The number of rotatable bonds is 6. The second-order valence-electron chi connectivity index (χ2n) is 14.7. The van der Waals surface area contributed by atoms with Crippen molar-refractivity contribution in [3.8, 4) is 0 Å². The molecule has 3 aliphatic carbocycles. The highest BCUT2D eigenvalue weighted by Crippen LogP contribution is 2.70. The predicted octanol–water partition coefficient (Wildman–Crippen LogP) is 11.3. The van der Waals surface area contributed by atoms with Crippen molar-refractivity contribution in [1.29, 1.82) is 0 Å². The lowest BCUT2D eigenvalue weighted by atomic mass is 9.41. The fraction of sp³-hybridized carbons (Fsp3) is 0.579. The first-order valence-electron chi connectivity index (χ1n) is 15.1. The van der Waals surface area contributed by atoms with E-state index >= 15 is 0 Å². The number of hydrogen-bond donors (Lipinski definition) is 0. The molecule has 0 nitrogen and oxygen atoms in total. The van der Waals surface area contributed by atoms with Gasteiger partial charge in [-0.3, -0.25) is 0 Å². The molecule has 0 saturated heterocycles. The Bertz CT molecular complexity index is 1290. The van der Waals surface area contributed by atoms with Crippen molar-refractivity contribution in [1.82, 2.24) is 0 Å². The Morgan fingerprint density at radius 3 is 2.18 bits per heavy atom. The summed E-state index contributed by atoms with van der Waals surface area (Å²) in [6, 6.07) is 2.57. The quantitative estimate of drug-likeness (QED) is 0.357. The van der Waals surface area contributed by atoms with E-state index in [9.17, 15) is 0 Å². The van der Waals surface area contributed by atoms with Gasteiger partial charge in [-0.15, -0.1) is 0 Å². The van der Waals surface area contributed by atoms with Gasteiger partial charge in [0.05, 0.1) is 0 Å². The van der Waals surface area contributed by atoms with Crippen molar-refractivity contribution in [2.24, 2.45) is 22.2 Å². The lowest BCUT2D eigenvalue weighted by Gasteiger charge is -2.62. The first-order valence-corrected chi connectivity index (χ1v) is 15.1. The molecule has 206 valence electrons. The molecule has 4 rings (SSSR count). The number of hydrogen-bond acceptors (Lipinski definition) is 0. The van der Waals surface area contributed by atoms with Gasteiger partial charge in [-0.1, -0.05) is 97.4 Å². The Labute approximate surface area is 235 Å². The summed E-state index contributed by atoms with van der Waals surface area (Å²) in [5, 5.41) is 0. The normalized spacial score (nSPS) is 29.2. The highest BCUT2D eigenvalue weighted by Gasteiger charge is 2.59. The molecule has 0 heterocycles. The van der Waals surface area contributed by atoms with Crippen LogP contribution < -0.4 is 0 Å². The van der Waals surface area contributed by atoms with Gasteiger partial charge >= 0.3 is 0 Å². The second-order valence-corrected chi connectivity index (χ2v) is 14.7. The summed E-state index contributed by atoms with van der Waals surface area (Å²) in [6.07, 6.45) is 7.09. The third-order valence-corrected chi connectivity index (χ3v) is 11.0. The standard InChI is InChI=1S/C38H54/c1-22(2)16-15-17-30-18-31(23(3)4)32-20-36(12)21-37(13)19-25(7)33(24(5)6)28(10)38(37,14)29(11)35(36)27(9)34(32)26(30)8/h18,22-23H,5,9-10,15-17,19-21H2,1-4,6-8,11-14H3/t36-,37+,38-/m1/s1. The van der Waals surface area contributed by atoms with E-state index in [0.29, 0.717) is 5.92 Å². The monoisotopic (exact) mass is 510 g/mol. The molecule has 38 heavy (non-hydrogen) atoms. The third-order valence-electron chi connectivity index (χ3n) is 11.0. The highest BCUT2D eigenvalue weighted by atomic mass is 14.6. The van der Waals surface area contributed by atoms with Crippen molar-refractivity contribution < 1.29 is 0 Å². The van der Waals surface area contributed by atoms with Crippen molar-refractivity contribution >= 4 is 5.57 Å². The zero-order valence-electron chi connectivity index (χ0n) is 26.6. The minimum Gasteiger partial charge on any atom is -0.0955 e. The Balaban J connectivity index is 1.95. The minimum absolute atomic E-state index is 0.0823. The summed E-state index contributed by atoms with van der Waals surface area (Å²) in [4.78, 5) is 0. The average molecular weight is 511 g/mol. The van der Waals surface area contributed by atoms with E-state index in [-0.39, 0.29) is 16.2 Å². The number of aryl methyl sites for hydroxylation is 1. The van der Waals surface area contributed by atoms with E-state index in [1.54, 1.807) is 11.1 Å². The van der Waals surface area contributed by atoms with Crippen molar-refractivity contribution in [3.63, 3.8) is 0 Å². The Kier molecular flexibility index (Phi) is 7.25. The number of benzene rings is 1. The Morgan fingerprint density at radius 2 is 1.63 bits per heavy atom. The molecule has 1 aromatic rings. The van der Waals surface area contributed by atoms with Gasteiger partial charge in [0.15, 0.2) is 0 Å². The second kappa shape index (κ2) is 9.53. The highest BCUT2D eigenvalue weighted by molar-refractivity contribution is 5.87. The molecule has 0 aromatic heterocycles. The SMILES string of the molecule is C=C(C)C1=C(C)C[C@@]2(C)C[C@@]3(C)Cc4c(C(C)C)cc(CCCC(C)C)c(C)c4C(=C)C3=C(C)[C@@]2(C)C1=C. The minimum atomic E-state index is -0.0975. The fourth-order valence-corrected chi connectivity index (χ4v) is 9.16. The van der Waals surface area contributed by atoms with E-state index < -0.39 is 0 Å². The molecule has 0 bridgehead atoms. The topological polar surface area (TPSA) is 0 Å². The van der Waals surface area contributed by atoms with Crippen LogP contribution in [0, 0.1) is 29.1 Å². The van der Waals surface area contributed by atoms with E-state index in [4.69, 9.17) is 13.2 Å². The van der Waals surface area contributed by atoms with Crippen LogP contribution in [0.15, 0.2) is 59.2 Å². The van der Waals surface area contributed by atoms with E-state index in [2.05, 4.69) is 88.8 Å². The van der Waals surface area contributed by atoms with E-state index in [1.807, 2.05) is 0 Å². The molecule has 0 radical (unpaired) electrons. The van der Waals surface area contributed by atoms with Gasteiger partial charge in [0, 0.05) is 5.41 Å². The van der Waals surface area contributed by atoms with Gasteiger partial charge in [0.25, 0.3) is 0 Å². The van der Waals surface area contributed by atoms with Gasteiger partial charge in [-0.05, 0) is 133 Å². The average Bonchev–Trinajstić information content (AvgIpc) is 2.76. The van der Waals surface area contributed by atoms with Gasteiger partial charge < -0.3 is 0 Å². The maximum absolute atomic E-state index is 4.91. The van der Waals surface area contributed by atoms with Crippen LogP contribution >= 0.6 is 0 Å². The van der Waals surface area contributed by atoms with Crippen LogP contribution in [0.1, 0.15) is 129 Å². The summed E-state index contributed by atoms with van der Waals surface area (Å²) in [7, 11) is 0. The molecule has 3 aliphatic rings. The molecular formula is C38H54. The molecule has 0 heteroatoms. The number of allylic oxidation sites excluding steroid dienone is 7. The summed E-state index contributed by atoms with van der Waals surface area (Å²) in [5.41, 5.74) is 17.2. The van der Waals surface area contributed by atoms with E-state index in [0.717, 1.165) is 37.2 Å². The molecule has 0 N–H and O–H groups in total. The molecule has 0 amide bonds. The molecule has 0 unspecified atom stereocenters. The van der Waals surface area contributed by atoms with Gasteiger partial charge in [0.2, 0.25) is 0 Å². The molecule has 1 aromatic carbocycles. The van der Waals surface area contributed by atoms with Gasteiger partial charge in [0.1, 0.15) is 0 Å². The smallest absolute Gasteiger partial charge is 0.0194 e. The molecule has 0 fully saturated rings. The third kappa shape index (κ3) is 4.08. The van der Waals surface area contributed by atoms with Crippen LogP contribution in [0.25, 0.3) is 5.57 Å². The van der Waals surface area contributed by atoms with Crippen LogP contribution in [-0.2, 0) is 12.8 Å². The first-order chi connectivity index (χ1) is 17.5. The maximum atomic E-state index is 4.91. The molecule has 0 saturated carbocycles. The molecule has 3 atom stereocenters. The van der Waals surface area contributed by atoms with Crippen LogP contribution in [-0.4, -0.2) is 0 Å². The predicted molar refractivity (Wildman–Crippen MR) is 169 cm³/mol. The Morgan fingerprint density at radius 1 is 1.00 bits per heavy atom. The number of fused-ring (bicyclic) bond motifs is 3. The van der Waals surface area contributed by atoms with Crippen molar-refractivity contribution in [3.05, 3.63) is 87.1 Å². The zero-order valence-corrected chi connectivity index (χ0v) is 26.6. The summed E-state index contributed by atoms with van der Waals surface area (Å²) < 4.78 is 0. The van der Waals surface area contributed by atoms with Crippen molar-refractivity contribution in [2.75, 3.05) is 0 Å². The molecule has 0 spiro atoms. The summed E-state index contributed by atoms with van der Waals surface area (Å²) in [5.74, 6) is 1.27. The molecule has 0 aliphatic heterocycles. The largest absolute Gasteiger partial charge is 0.0955 e. The Hall–Kier alpha value is -2.08.